The van der Waals surface area contributed by atoms with E-state index in [1.807, 2.05) is 0 Å². The lowest BCUT2D eigenvalue weighted by atomic mass is 10.2. The summed E-state index contributed by atoms with van der Waals surface area (Å²) in [5, 5.41) is 26.5. The summed E-state index contributed by atoms with van der Waals surface area (Å²) in [6.45, 7) is 1.77. The summed E-state index contributed by atoms with van der Waals surface area (Å²) < 4.78 is 4.06. The molecule has 0 spiro atoms. The van der Waals surface area contributed by atoms with Gasteiger partial charge in [0, 0.05) is 38.6 Å². The number of aromatic carboxylic acids is 1. The molecule has 2 amide bonds. The minimum absolute atomic E-state index is 0.117. The highest BCUT2D eigenvalue weighted by Gasteiger charge is 2.24. The van der Waals surface area contributed by atoms with Gasteiger partial charge in [-0.15, -0.1) is 0 Å². The molecule has 0 aliphatic carbocycles. The van der Waals surface area contributed by atoms with Gasteiger partial charge in [-0.1, -0.05) is 0 Å². The average Bonchev–Trinajstić information content (AvgIpc) is 3.39. The molecule has 3 heterocycles. The number of aromatic nitrogens is 6. The van der Waals surface area contributed by atoms with Crippen molar-refractivity contribution in [2.24, 2.45) is 14.1 Å². The molecule has 0 fully saturated rings. The van der Waals surface area contributed by atoms with Crippen molar-refractivity contribution < 1.29 is 19.5 Å². The first kappa shape index (κ1) is 19.8. The van der Waals surface area contributed by atoms with Crippen LogP contribution < -0.4 is 10.6 Å². The number of aryl methyl sites for hydroxylation is 2. The van der Waals surface area contributed by atoms with Gasteiger partial charge in [-0.05, 0) is 13.0 Å². The molecule has 1 atom stereocenters. The van der Waals surface area contributed by atoms with Crippen LogP contribution in [0.4, 0.5) is 5.69 Å². The van der Waals surface area contributed by atoms with Crippen LogP contribution in [0.1, 0.15) is 39.5 Å². The molecule has 0 bridgehead atoms. The zero-order valence-corrected chi connectivity index (χ0v) is 16.0. The lowest BCUT2D eigenvalue weighted by molar-refractivity contribution is -0.119. The van der Waals surface area contributed by atoms with E-state index in [-0.39, 0.29) is 23.6 Å². The maximum Gasteiger partial charge on any atom is 0.354 e. The van der Waals surface area contributed by atoms with E-state index in [2.05, 4.69) is 25.9 Å². The first-order valence-corrected chi connectivity index (χ1v) is 8.63. The molecule has 3 aromatic heterocycles. The van der Waals surface area contributed by atoms with Crippen LogP contribution in [-0.2, 0) is 25.4 Å². The molecule has 3 aromatic rings. The second kappa shape index (κ2) is 7.96. The summed E-state index contributed by atoms with van der Waals surface area (Å²) in [6, 6.07) is 0.385. The molecule has 12 nitrogen and oxygen atoms in total. The van der Waals surface area contributed by atoms with Gasteiger partial charge in [-0.3, -0.25) is 19.0 Å². The van der Waals surface area contributed by atoms with Gasteiger partial charge in [0.1, 0.15) is 17.4 Å². The third-order valence-electron chi connectivity index (χ3n) is 4.26. The summed E-state index contributed by atoms with van der Waals surface area (Å²) in [5.41, 5.74) is 1.07. The Morgan fingerprint density at radius 2 is 1.93 bits per heavy atom. The Kier molecular flexibility index (Phi) is 5.43. The SMILES string of the molecule is CC(C(=O)Nc1cnn(C)c1C(=O)NCc1cnn(C)c1)n1nccc1C(=O)O. The number of nitrogens with one attached hydrogen (secondary N) is 2. The zero-order chi connectivity index (χ0) is 21.1. The van der Waals surface area contributed by atoms with Crippen molar-refractivity contribution in [3.05, 3.63) is 47.8 Å². The number of carbonyl (C=O) groups excluding carboxylic acids is 2. The van der Waals surface area contributed by atoms with Crippen LogP contribution in [-0.4, -0.2) is 52.2 Å². The molecule has 29 heavy (non-hydrogen) atoms. The van der Waals surface area contributed by atoms with Crippen LogP contribution in [0, 0.1) is 0 Å². The van der Waals surface area contributed by atoms with Crippen molar-refractivity contribution in [2.75, 3.05) is 5.32 Å². The number of anilines is 1. The molecular weight excluding hydrogens is 380 g/mol. The van der Waals surface area contributed by atoms with Crippen LogP contribution in [0.5, 0.6) is 0 Å². The van der Waals surface area contributed by atoms with Crippen molar-refractivity contribution in [1.29, 1.82) is 0 Å². The number of hydrogen-bond acceptors (Lipinski definition) is 6. The maximum absolute atomic E-state index is 12.6. The fraction of sp³-hybridized carbons (Fsp3) is 0.294. The highest BCUT2D eigenvalue weighted by Crippen LogP contribution is 2.18. The molecule has 3 N–H and O–H groups in total. The molecule has 0 aromatic carbocycles. The predicted octanol–water partition coefficient (Wildman–Crippen LogP) is 0.178. The number of carboxylic acid groups (broad SMARTS) is 1. The van der Waals surface area contributed by atoms with E-state index in [1.54, 1.807) is 31.2 Å². The lowest BCUT2D eigenvalue weighted by Gasteiger charge is -2.14. The van der Waals surface area contributed by atoms with Gasteiger partial charge in [0.25, 0.3) is 5.91 Å². The standard InChI is InChI=1S/C17H20N8O4/c1-10(25-13(17(28)29)4-5-19-25)15(26)22-12-8-21-24(3)14(12)16(27)18-6-11-7-20-23(2)9-11/h4-5,7-10H,6H2,1-3H3,(H,18,27)(H,22,26)(H,28,29). The number of hydrogen-bond donors (Lipinski definition) is 3. The molecule has 1 unspecified atom stereocenters. The Balaban J connectivity index is 1.73. The number of amides is 2. The van der Waals surface area contributed by atoms with E-state index in [4.69, 9.17) is 0 Å². The van der Waals surface area contributed by atoms with Crippen LogP contribution in [0.15, 0.2) is 30.9 Å². The van der Waals surface area contributed by atoms with Gasteiger partial charge in [-0.25, -0.2) is 9.48 Å². The second-order valence-corrected chi connectivity index (χ2v) is 6.37. The number of nitrogens with zero attached hydrogens (tertiary/aromatic N) is 6. The fourth-order valence-electron chi connectivity index (χ4n) is 2.77. The maximum atomic E-state index is 12.6. The number of carboxylic acids is 1. The Morgan fingerprint density at radius 3 is 2.59 bits per heavy atom. The van der Waals surface area contributed by atoms with E-state index in [0.29, 0.717) is 0 Å². The number of rotatable bonds is 7. The predicted molar refractivity (Wildman–Crippen MR) is 100 cm³/mol. The third kappa shape index (κ3) is 4.15. The van der Waals surface area contributed by atoms with Gasteiger partial charge in [0.15, 0.2) is 0 Å². The summed E-state index contributed by atoms with van der Waals surface area (Å²) in [5.74, 6) is -2.16. The Morgan fingerprint density at radius 1 is 1.17 bits per heavy atom. The molecule has 12 heteroatoms. The highest BCUT2D eigenvalue weighted by atomic mass is 16.4. The van der Waals surface area contributed by atoms with Gasteiger partial charge >= 0.3 is 5.97 Å². The molecule has 0 aliphatic heterocycles. The average molecular weight is 400 g/mol. The zero-order valence-electron chi connectivity index (χ0n) is 16.0. The highest BCUT2D eigenvalue weighted by molar-refractivity contribution is 6.03. The van der Waals surface area contributed by atoms with Crippen molar-refractivity contribution in [3.63, 3.8) is 0 Å². The Labute approximate surface area is 165 Å². The molecule has 3 rings (SSSR count). The summed E-state index contributed by atoms with van der Waals surface area (Å²) in [4.78, 5) is 36.5. The molecule has 0 radical (unpaired) electrons. The quantitative estimate of drug-likeness (QED) is 0.512. The molecular formula is C17H20N8O4. The van der Waals surface area contributed by atoms with Gasteiger partial charge < -0.3 is 15.7 Å². The van der Waals surface area contributed by atoms with Crippen molar-refractivity contribution in [3.8, 4) is 0 Å². The van der Waals surface area contributed by atoms with Crippen LogP contribution in [0.2, 0.25) is 0 Å². The lowest BCUT2D eigenvalue weighted by Crippen LogP contribution is -2.29. The normalized spacial score (nSPS) is 11.8. The first-order chi connectivity index (χ1) is 13.8. The van der Waals surface area contributed by atoms with Crippen molar-refractivity contribution in [2.45, 2.75) is 19.5 Å². The van der Waals surface area contributed by atoms with Crippen molar-refractivity contribution >= 4 is 23.5 Å². The van der Waals surface area contributed by atoms with Crippen molar-refractivity contribution in [1.82, 2.24) is 34.7 Å². The Bertz CT molecular complexity index is 1060. The largest absolute Gasteiger partial charge is 0.477 e. The van der Waals surface area contributed by atoms with Gasteiger partial charge in [-0.2, -0.15) is 15.3 Å². The monoisotopic (exact) mass is 400 g/mol. The van der Waals surface area contributed by atoms with Crippen LogP contribution >= 0.6 is 0 Å². The van der Waals surface area contributed by atoms with E-state index in [9.17, 15) is 19.5 Å². The summed E-state index contributed by atoms with van der Waals surface area (Å²) in [6.07, 6.45) is 6.06. The van der Waals surface area contributed by atoms with Crippen LogP contribution in [0.3, 0.4) is 0 Å². The third-order valence-corrected chi connectivity index (χ3v) is 4.26. The smallest absolute Gasteiger partial charge is 0.354 e. The Hall–Kier alpha value is -3.96. The van der Waals surface area contributed by atoms with E-state index >= 15 is 0 Å². The first-order valence-electron chi connectivity index (χ1n) is 8.63. The summed E-state index contributed by atoms with van der Waals surface area (Å²) in [7, 11) is 3.35. The van der Waals surface area contributed by atoms with E-state index < -0.39 is 23.8 Å². The molecule has 0 saturated heterocycles. The topological polar surface area (TPSA) is 149 Å². The fourth-order valence-corrected chi connectivity index (χ4v) is 2.77. The minimum atomic E-state index is -1.20. The van der Waals surface area contributed by atoms with Gasteiger partial charge in [0.05, 0.1) is 18.1 Å². The minimum Gasteiger partial charge on any atom is -0.477 e. The van der Waals surface area contributed by atoms with E-state index in [1.165, 1.54) is 30.1 Å². The number of carbonyl (C=O) groups is 3. The van der Waals surface area contributed by atoms with E-state index in [0.717, 1.165) is 10.2 Å². The second-order valence-electron chi connectivity index (χ2n) is 6.37. The summed E-state index contributed by atoms with van der Waals surface area (Å²) >= 11 is 0. The molecule has 152 valence electrons. The molecule has 0 aliphatic rings. The molecule has 0 saturated carbocycles. The van der Waals surface area contributed by atoms with Gasteiger partial charge in [0.2, 0.25) is 5.91 Å². The van der Waals surface area contributed by atoms with Crippen LogP contribution in [0.25, 0.3) is 0 Å².